The molecule has 2 fully saturated rings. The fourth-order valence-corrected chi connectivity index (χ4v) is 6.49. The number of piperidine rings is 1. The van der Waals surface area contributed by atoms with E-state index in [1.165, 1.54) is 28.6 Å². The average molecular weight is 499 g/mol. The molecular formula is C25H30N4O5S. The number of carbonyl (C=O) groups excluding carboxylic acids is 3. The molecule has 4 rings (SSSR count). The molecule has 3 atom stereocenters. The second-order valence-corrected chi connectivity index (χ2v) is 11.6. The maximum Gasteiger partial charge on any atom is 0.325 e. The molecular weight excluding hydrogens is 468 g/mol. The number of sulfonamides is 1. The van der Waals surface area contributed by atoms with Crippen LogP contribution in [0.4, 0.5) is 10.5 Å². The van der Waals surface area contributed by atoms with Gasteiger partial charge in [0.05, 0.1) is 4.90 Å². The number of carbonyl (C=O) groups is 3. The van der Waals surface area contributed by atoms with Gasteiger partial charge in [-0.3, -0.25) is 14.5 Å². The number of benzene rings is 2. The molecule has 2 aliphatic rings. The topological polar surface area (TPSA) is 116 Å². The molecule has 0 aliphatic carbocycles. The van der Waals surface area contributed by atoms with E-state index in [1.807, 2.05) is 19.9 Å². The number of hydrogen-bond donors (Lipinski definition) is 2. The molecule has 35 heavy (non-hydrogen) atoms. The Morgan fingerprint density at radius 1 is 1.03 bits per heavy atom. The molecule has 0 unspecified atom stereocenters. The van der Waals surface area contributed by atoms with Crippen LogP contribution < -0.4 is 10.6 Å². The molecule has 4 amide bonds. The number of amides is 4. The van der Waals surface area contributed by atoms with Crippen LogP contribution in [0.25, 0.3) is 0 Å². The van der Waals surface area contributed by atoms with E-state index < -0.39 is 40.0 Å². The first-order valence-corrected chi connectivity index (χ1v) is 13.0. The third-order valence-corrected chi connectivity index (χ3v) is 8.38. The Hall–Kier alpha value is -3.24. The van der Waals surface area contributed by atoms with Crippen LogP contribution >= 0.6 is 0 Å². The van der Waals surface area contributed by atoms with Gasteiger partial charge >= 0.3 is 6.03 Å². The van der Waals surface area contributed by atoms with E-state index in [9.17, 15) is 22.8 Å². The molecule has 0 bridgehead atoms. The first-order valence-electron chi connectivity index (χ1n) is 11.6. The lowest BCUT2D eigenvalue weighted by molar-refractivity contribution is -0.133. The van der Waals surface area contributed by atoms with E-state index in [4.69, 9.17) is 0 Å². The smallest absolute Gasteiger partial charge is 0.325 e. The summed E-state index contributed by atoms with van der Waals surface area (Å²) in [6, 6.07) is 14.1. The Morgan fingerprint density at radius 3 is 2.23 bits per heavy atom. The number of imide groups is 1. The predicted octanol–water partition coefficient (Wildman–Crippen LogP) is 2.76. The number of hydrogen-bond acceptors (Lipinski definition) is 5. The van der Waals surface area contributed by atoms with Crippen LogP contribution in [0.15, 0.2) is 59.5 Å². The fourth-order valence-electron chi connectivity index (χ4n) is 4.81. The van der Waals surface area contributed by atoms with E-state index in [1.54, 1.807) is 31.2 Å². The van der Waals surface area contributed by atoms with Crippen molar-refractivity contribution in [3.8, 4) is 0 Å². The maximum atomic E-state index is 13.0. The predicted molar refractivity (Wildman–Crippen MR) is 131 cm³/mol. The minimum Gasteiger partial charge on any atom is -0.325 e. The summed E-state index contributed by atoms with van der Waals surface area (Å²) in [5, 5.41) is 5.29. The SMILES string of the molecule is C[C@@H]1C[C@@H](C)CN(S(=O)(=O)c2ccc(NC(=O)CN3C(=O)N[C@@](C)(c4ccccc4)C3=O)cc2)C1. The van der Waals surface area contributed by atoms with Crippen molar-refractivity contribution in [2.75, 3.05) is 25.0 Å². The number of rotatable bonds is 6. The summed E-state index contributed by atoms with van der Waals surface area (Å²) in [5.74, 6) is -0.502. The van der Waals surface area contributed by atoms with Gasteiger partial charge in [-0.15, -0.1) is 0 Å². The van der Waals surface area contributed by atoms with Crippen LogP contribution in [-0.2, 0) is 25.2 Å². The first-order chi connectivity index (χ1) is 16.5. The number of anilines is 1. The monoisotopic (exact) mass is 498 g/mol. The maximum absolute atomic E-state index is 13.0. The molecule has 9 nitrogen and oxygen atoms in total. The molecule has 2 aromatic carbocycles. The van der Waals surface area contributed by atoms with Gasteiger partial charge in [0.15, 0.2) is 0 Å². The normalized spacial score (nSPS) is 25.4. The Kier molecular flexibility index (Phi) is 6.70. The second-order valence-electron chi connectivity index (χ2n) is 9.65. The van der Waals surface area contributed by atoms with E-state index in [-0.39, 0.29) is 4.90 Å². The summed E-state index contributed by atoms with van der Waals surface area (Å²) in [4.78, 5) is 39.1. The number of nitrogens with one attached hydrogen (secondary N) is 2. The zero-order valence-electron chi connectivity index (χ0n) is 20.0. The number of nitrogens with zero attached hydrogens (tertiary/aromatic N) is 2. The lowest BCUT2D eigenvalue weighted by atomic mass is 9.92. The average Bonchev–Trinajstić information content (AvgIpc) is 3.03. The summed E-state index contributed by atoms with van der Waals surface area (Å²) in [6.45, 7) is 6.20. The molecule has 2 N–H and O–H groups in total. The van der Waals surface area contributed by atoms with Crippen molar-refractivity contribution < 1.29 is 22.8 Å². The zero-order valence-corrected chi connectivity index (χ0v) is 20.8. The van der Waals surface area contributed by atoms with Crippen LogP contribution in [0.1, 0.15) is 32.8 Å². The lowest BCUT2D eigenvalue weighted by Crippen LogP contribution is -2.42. The van der Waals surface area contributed by atoms with E-state index in [2.05, 4.69) is 10.6 Å². The van der Waals surface area contributed by atoms with Gasteiger partial charge in [-0.2, -0.15) is 4.31 Å². The second kappa shape index (κ2) is 9.43. The third-order valence-electron chi connectivity index (χ3n) is 6.54. The molecule has 10 heteroatoms. The Balaban J connectivity index is 1.41. The van der Waals surface area contributed by atoms with Gasteiger partial charge in [0.1, 0.15) is 12.1 Å². The minimum absolute atomic E-state index is 0.157. The summed E-state index contributed by atoms with van der Waals surface area (Å²) >= 11 is 0. The van der Waals surface area contributed by atoms with Gasteiger partial charge < -0.3 is 10.6 Å². The van der Waals surface area contributed by atoms with Gasteiger partial charge in [0.25, 0.3) is 5.91 Å². The molecule has 0 radical (unpaired) electrons. The fraction of sp³-hybridized carbons (Fsp3) is 0.400. The van der Waals surface area contributed by atoms with Crippen molar-refractivity contribution in [2.24, 2.45) is 11.8 Å². The standard InChI is InChI=1S/C25H30N4O5S/c1-17-13-18(2)15-28(14-17)35(33,34)21-11-9-20(10-12-21)26-22(30)16-29-23(31)25(3,27-24(29)32)19-7-5-4-6-8-19/h4-12,17-18H,13-16H2,1-3H3,(H,26,30)(H,27,32)/t17-,18-,25+/m1/s1. The van der Waals surface area contributed by atoms with E-state index in [0.29, 0.717) is 36.2 Å². The van der Waals surface area contributed by atoms with Crippen molar-refractivity contribution in [3.05, 3.63) is 60.2 Å². The molecule has 2 aliphatic heterocycles. The molecule has 2 heterocycles. The summed E-state index contributed by atoms with van der Waals surface area (Å²) < 4.78 is 27.6. The van der Waals surface area contributed by atoms with Crippen molar-refractivity contribution in [3.63, 3.8) is 0 Å². The van der Waals surface area contributed by atoms with Crippen molar-refractivity contribution in [1.82, 2.24) is 14.5 Å². The number of urea groups is 1. The van der Waals surface area contributed by atoms with Crippen LogP contribution in [0.3, 0.4) is 0 Å². The highest BCUT2D eigenvalue weighted by Crippen LogP contribution is 2.29. The van der Waals surface area contributed by atoms with Crippen molar-refractivity contribution in [1.29, 1.82) is 0 Å². The zero-order chi connectivity index (χ0) is 25.4. The Morgan fingerprint density at radius 2 is 1.63 bits per heavy atom. The highest BCUT2D eigenvalue weighted by molar-refractivity contribution is 7.89. The molecule has 0 spiro atoms. The van der Waals surface area contributed by atoms with Crippen LogP contribution in [-0.4, -0.2) is 55.1 Å². The third kappa shape index (κ3) is 4.94. The lowest BCUT2D eigenvalue weighted by Gasteiger charge is -2.34. The van der Waals surface area contributed by atoms with Gasteiger partial charge in [0, 0.05) is 18.8 Å². The summed E-state index contributed by atoms with van der Waals surface area (Å²) in [7, 11) is -3.63. The quantitative estimate of drug-likeness (QED) is 0.594. The van der Waals surface area contributed by atoms with E-state index in [0.717, 1.165) is 11.3 Å². The van der Waals surface area contributed by atoms with Crippen molar-refractivity contribution in [2.45, 2.75) is 37.6 Å². The highest BCUT2D eigenvalue weighted by atomic mass is 32.2. The summed E-state index contributed by atoms with van der Waals surface area (Å²) in [6.07, 6.45) is 0.999. The minimum atomic E-state index is -3.63. The molecule has 0 saturated carbocycles. The van der Waals surface area contributed by atoms with Gasteiger partial charge in [-0.25, -0.2) is 13.2 Å². The Labute approximate surface area is 205 Å². The summed E-state index contributed by atoms with van der Waals surface area (Å²) in [5.41, 5.74) is -0.263. The van der Waals surface area contributed by atoms with Crippen molar-refractivity contribution >= 4 is 33.6 Å². The first kappa shape index (κ1) is 24.9. The van der Waals surface area contributed by atoms with E-state index >= 15 is 0 Å². The molecule has 186 valence electrons. The van der Waals surface area contributed by atoms with Gasteiger partial charge in [-0.05, 0) is 55.0 Å². The molecule has 0 aromatic heterocycles. The Bertz CT molecular complexity index is 1220. The highest BCUT2D eigenvalue weighted by Gasteiger charge is 2.49. The van der Waals surface area contributed by atoms with Crippen LogP contribution in [0.5, 0.6) is 0 Å². The molecule has 2 aromatic rings. The van der Waals surface area contributed by atoms with Gasteiger partial charge in [0.2, 0.25) is 15.9 Å². The van der Waals surface area contributed by atoms with Crippen LogP contribution in [0, 0.1) is 11.8 Å². The largest absolute Gasteiger partial charge is 0.325 e. The van der Waals surface area contributed by atoms with Crippen LogP contribution in [0.2, 0.25) is 0 Å². The van der Waals surface area contributed by atoms with Gasteiger partial charge in [-0.1, -0.05) is 44.2 Å². The molecule has 2 saturated heterocycles.